The van der Waals surface area contributed by atoms with Crippen molar-refractivity contribution in [2.24, 2.45) is 0 Å². The molecule has 0 saturated carbocycles. The fraction of sp³-hybridized carbons (Fsp3) is 0.176. The molecule has 1 amide bonds. The van der Waals surface area contributed by atoms with Crippen LogP contribution in [0.5, 0.6) is 11.5 Å². The van der Waals surface area contributed by atoms with Crippen molar-refractivity contribution in [3.8, 4) is 11.5 Å². The monoisotopic (exact) mass is 381 g/mol. The second-order valence-electron chi connectivity index (χ2n) is 5.21. The number of anilines is 1. The van der Waals surface area contributed by atoms with E-state index in [4.69, 9.17) is 37.4 Å². The Kier molecular flexibility index (Phi) is 5.01. The Morgan fingerprint density at radius 2 is 1.92 bits per heavy atom. The number of hydrogen-bond acceptors (Lipinski definition) is 5. The van der Waals surface area contributed by atoms with Gasteiger partial charge in [0, 0.05) is 11.8 Å². The molecule has 1 aliphatic heterocycles. The molecular weight excluding hydrogens is 369 g/mol. The molecule has 6 nitrogen and oxygen atoms in total. The number of rotatable bonds is 4. The summed E-state index contributed by atoms with van der Waals surface area (Å²) in [6, 6.07) is 9.56. The van der Waals surface area contributed by atoms with Gasteiger partial charge in [-0.25, -0.2) is 4.79 Å². The topological polar surface area (TPSA) is 73.9 Å². The summed E-state index contributed by atoms with van der Waals surface area (Å²) in [6.07, 6.45) is -1.03. The van der Waals surface area contributed by atoms with Gasteiger partial charge >= 0.3 is 5.97 Å². The predicted octanol–water partition coefficient (Wildman–Crippen LogP) is 3.91. The van der Waals surface area contributed by atoms with Gasteiger partial charge in [0.05, 0.1) is 15.6 Å². The summed E-state index contributed by atoms with van der Waals surface area (Å²) < 4.78 is 15.6. The molecule has 1 aliphatic rings. The predicted molar refractivity (Wildman–Crippen MR) is 92.5 cm³/mol. The van der Waals surface area contributed by atoms with Crippen LogP contribution in [0.2, 0.25) is 10.0 Å². The maximum absolute atomic E-state index is 12.2. The van der Waals surface area contributed by atoms with Gasteiger partial charge in [-0.15, -0.1) is 0 Å². The summed E-state index contributed by atoms with van der Waals surface area (Å²) in [5.41, 5.74) is 0.592. The maximum atomic E-state index is 12.2. The van der Waals surface area contributed by atoms with Gasteiger partial charge in [-0.2, -0.15) is 0 Å². The minimum absolute atomic E-state index is 0.0811. The van der Waals surface area contributed by atoms with Crippen molar-refractivity contribution >= 4 is 40.8 Å². The first-order chi connectivity index (χ1) is 12.0. The van der Waals surface area contributed by atoms with Gasteiger partial charge < -0.3 is 19.5 Å². The fourth-order valence-electron chi connectivity index (χ4n) is 2.16. The summed E-state index contributed by atoms with van der Waals surface area (Å²) in [6.45, 7) is 1.60. The smallest absolute Gasteiger partial charge is 0.340 e. The van der Waals surface area contributed by atoms with Crippen LogP contribution in [0.3, 0.4) is 0 Å². The quantitative estimate of drug-likeness (QED) is 0.812. The summed E-state index contributed by atoms with van der Waals surface area (Å²) in [7, 11) is 0. The van der Waals surface area contributed by atoms with Crippen molar-refractivity contribution < 1.29 is 23.8 Å². The highest BCUT2D eigenvalue weighted by atomic mass is 35.5. The number of benzene rings is 2. The molecule has 130 valence electrons. The Labute approximate surface area is 153 Å². The van der Waals surface area contributed by atoms with Crippen molar-refractivity contribution in [3.63, 3.8) is 0 Å². The van der Waals surface area contributed by atoms with Gasteiger partial charge in [0.15, 0.2) is 17.6 Å². The van der Waals surface area contributed by atoms with E-state index in [9.17, 15) is 9.59 Å². The molecule has 1 atom stereocenters. The highest BCUT2D eigenvalue weighted by Gasteiger charge is 2.22. The molecule has 2 aromatic carbocycles. The van der Waals surface area contributed by atoms with E-state index >= 15 is 0 Å². The molecule has 25 heavy (non-hydrogen) atoms. The van der Waals surface area contributed by atoms with Gasteiger partial charge in [0.25, 0.3) is 5.91 Å². The zero-order chi connectivity index (χ0) is 18.0. The number of carbonyl (C=O) groups is 2. The van der Waals surface area contributed by atoms with Crippen LogP contribution in [0.15, 0.2) is 36.4 Å². The van der Waals surface area contributed by atoms with Crippen LogP contribution in [0.25, 0.3) is 0 Å². The van der Waals surface area contributed by atoms with Crippen molar-refractivity contribution in [3.05, 3.63) is 52.0 Å². The summed E-state index contributed by atoms with van der Waals surface area (Å²) in [4.78, 5) is 24.4. The number of nitrogens with one attached hydrogen (secondary N) is 1. The van der Waals surface area contributed by atoms with Crippen LogP contribution in [0.1, 0.15) is 17.3 Å². The maximum Gasteiger partial charge on any atom is 0.340 e. The Balaban J connectivity index is 1.64. The van der Waals surface area contributed by atoms with Crippen LogP contribution in [0, 0.1) is 0 Å². The molecule has 0 spiro atoms. The molecule has 0 unspecified atom stereocenters. The normalized spacial score (nSPS) is 13.2. The van der Waals surface area contributed by atoms with E-state index in [1.807, 2.05) is 0 Å². The molecule has 0 saturated heterocycles. The van der Waals surface area contributed by atoms with Crippen LogP contribution in [-0.4, -0.2) is 24.8 Å². The molecule has 0 radical (unpaired) electrons. The first-order valence-electron chi connectivity index (χ1n) is 7.31. The summed E-state index contributed by atoms with van der Waals surface area (Å²) in [5.74, 6) is -0.0903. The molecule has 1 heterocycles. The van der Waals surface area contributed by atoms with Crippen LogP contribution in [-0.2, 0) is 9.53 Å². The Morgan fingerprint density at radius 3 is 2.72 bits per heavy atom. The molecule has 0 bridgehead atoms. The Bertz CT molecular complexity index is 840. The Hall–Kier alpha value is -2.44. The van der Waals surface area contributed by atoms with Gasteiger partial charge in [0.1, 0.15) is 0 Å². The lowest BCUT2D eigenvalue weighted by Crippen LogP contribution is -2.30. The van der Waals surface area contributed by atoms with E-state index in [1.165, 1.54) is 13.0 Å². The lowest BCUT2D eigenvalue weighted by atomic mass is 10.2. The van der Waals surface area contributed by atoms with E-state index in [2.05, 4.69) is 5.32 Å². The number of halogens is 2. The molecule has 8 heteroatoms. The minimum Gasteiger partial charge on any atom is -0.454 e. The van der Waals surface area contributed by atoms with E-state index < -0.39 is 18.0 Å². The van der Waals surface area contributed by atoms with Gasteiger partial charge in [-0.1, -0.05) is 29.3 Å². The molecule has 3 rings (SSSR count). The highest BCUT2D eigenvalue weighted by Crippen LogP contribution is 2.34. The van der Waals surface area contributed by atoms with Crippen molar-refractivity contribution in [1.82, 2.24) is 0 Å². The van der Waals surface area contributed by atoms with E-state index in [-0.39, 0.29) is 22.4 Å². The molecule has 2 aromatic rings. The standard InChI is InChI=1S/C17H13Cl2NO5/c1-9(25-17(22)11-3-2-4-12(18)15(11)19)16(21)20-10-5-6-13-14(7-10)24-8-23-13/h2-7,9H,8H2,1H3,(H,20,21)/t9-/m1/s1. The lowest BCUT2D eigenvalue weighted by Gasteiger charge is -2.14. The first-order valence-corrected chi connectivity index (χ1v) is 8.07. The molecule has 0 aromatic heterocycles. The average Bonchev–Trinajstić information content (AvgIpc) is 3.04. The van der Waals surface area contributed by atoms with Gasteiger partial charge in [-0.3, -0.25) is 4.79 Å². The number of fused-ring (bicyclic) bond motifs is 1. The number of hydrogen-bond donors (Lipinski definition) is 1. The number of amides is 1. The summed E-state index contributed by atoms with van der Waals surface area (Å²) in [5, 5.41) is 2.95. The average molecular weight is 382 g/mol. The second-order valence-corrected chi connectivity index (χ2v) is 5.99. The number of ether oxygens (including phenoxy) is 3. The third-order valence-electron chi connectivity index (χ3n) is 3.46. The lowest BCUT2D eigenvalue weighted by molar-refractivity contribution is -0.123. The van der Waals surface area contributed by atoms with E-state index in [1.54, 1.807) is 30.3 Å². The van der Waals surface area contributed by atoms with E-state index in [0.29, 0.717) is 17.2 Å². The zero-order valence-electron chi connectivity index (χ0n) is 13.0. The van der Waals surface area contributed by atoms with Crippen LogP contribution < -0.4 is 14.8 Å². The fourth-order valence-corrected chi connectivity index (χ4v) is 2.53. The van der Waals surface area contributed by atoms with Gasteiger partial charge in [0.2, 0.25) is 6.79 Å². The third kappa shape index (κ3) is 3.81. The number of esters is 1. The molecule has 0 aliphatic carbocycles. The zero-order valence-corrected chi connectivity index (χ0v) is 14.6. The van der Waals surface area contributed by atoms with Crippen LogP contribution in [0.4, 0.5) is 5.69 Å². The van der Waals surface area contributed by atoms with Crippen molar-refractivity contribution in [2.45, 2.75) is 13.0 Å². The van der Waals surface area contributed by atoms with E-state index in [0.717, 1.165) is 0 Å². The number of carbonyl (C=O) groups excluding carboxylic acids is 2. The molecular formula is C17H13Cl2NO5. The van der Waals surface area contributed by atoms with Crippen LogP contribution >= 0.6 is 23.2 Å². The van der Waals surface area contributed by atoms with Crippen molar-refractivity contribution in [1.29, 1.82) is 0 Å². The minimum atomic E-state index is -1.03. The second kappa shape index (κ2) is 7.21. The SMILES string of the molecule is C[C@@H](OC(=O)c1cccc(Cl)c1Cl)C(=O)Nc1ccc2c(c1)OCO2. The molecule has 1 N–H and O–H groups in total. The van der Waals surface area contributed by atoms with Gasteiger partial charge in [-0.05, 0) is 31.2 Å². The third-order valence-corrected chi connectivity index (χ3v) is 4.28. The molecule has 0 fully saturated rings. The first kappa shape index (κ1) is 17.4. The highest BCUT2D eigenvalue weighted by molar-refractivity contribution is 6.43. The largest absolute Gasteiger partial charge is 0.454 e. The summed E-state index contributed by atoms with van der Waals surface area (Å²) >= 11 is 11.8. The Morgan fingerprint density at radius 1 is 1.16 bits per heavy atom. The van der Waals surface area contributed by atoms with Crippen molar-refractivity contribution in [2.75, 3.05) is 12.1 Å².